The Morgan fingerprint density at radius 3 is 2.70 bits per heavy atom. The van der Waals surface area contributed by atoms with Crippen LogP contribution in [0.3, 0.4) is 0 Å². The summed E-state index contributed by atoms with van der Waals surface area (Å²) in [6.45, 7) is 6.29. The molecule has 0 saturated heterocycles. The van der Waals surface area contributed by atoms with Gasteiger partial charge in [-0.25, -0.2) is 19.3 Å². The molecule has 0 fully saturated rings. The number of hydrogen-bond acceptors (Lipinski definition) is 5. The summed E-state index contributed by atoms with van der Waals surface area (Å²) in [7, 11) is 0. The van der Waals surface area contributed by atoms with Crippen molar-refractivity contribution in [1.29, 1.82) is 0 Å². The van der Waals surface area contributed by atoms with E-state index in [-0.39, 0.29) is 11.9 Å². The molecule has 0 unspecified atom stereocenters. The van der Waals surface area contributed by atoms with Crippen molar-refractivity contribution < 1.29 is 4.39 Å². The van der Waals surface area contributed by atoms with E-state index in [4.69, 9.17) is 5.73 Å². The first-order chi connectivity index (χ1) is 11.0. The number of anilines is 2. The van der Waals surface area contributed by atoms with E-state index in [0.29, 0.717) is 34.6 Å². The molecule has 0 aromatic carbocycles. The average Bonchev–Trinajstić information content (AvgIpc) is 2.92. The van der Waals surface area contributed by atoms with Gasteiger partial charge in [0.2, 0.25) is 0 Å². The van der Waals surface area contributed by atoms with Crippen LogP contribution < -0.4 is 11.1 Å². The van der Waals surface area contributed by atoms with E-state index in [2.05, 4.69) is 41.0 Å². The van der Waals surface area contributed by atoms with Gasteiger partial charge in [0.05, 0.1) is 18.1 Å². The van der Waals surface area contributed by atoms with E-state index < -0.39 is 0 Å². The first-order valence-electron chi connectivity index (χ1n) is 7.47. The lowest BCUT2D eigenvalue weighted by molar-refractivity contribution is 0.558. The topological polar surface area (TPSA) is 81.1 Å². The minimum Gasteiger partial charge on any atom is -0.394 e. The number of imidazole rings is 1. The van der Waals surface area contributed by atoms with Gasteiger partial charge in [-0.05, 0) is 25.0 Å². The van der Waals surface area contributed by atoms with E-state index >= 15 is 0 Å². The highest BCUT2D eigenvalue weighted by molar-refractivity contribution is 5.65. The van der Waals surface area contributed by atoms with Crippen LogP contribution in [-0.2, 0) is 0 Å². The second-order valence-corrected chi connectivity index (χ2v) is 5.89. The predicted octanol–water partition coefficient (Wildman–Crippen LogP) is 2.97. The van der Waals surface area contributed by atoms with Gasteiger partial charge in [-0.3, -0.25) is 4.40 Å². The number of nitrogens with two attached hydrogens (primary N) is 1. The van der Waals surface area contributed by atoms with Crippen LogP contribution in [-0.4, -0.2) is 25.4 Å². The first-order valence-corrected chi connectivity index (χ1v) is 7.47. The van der Waals surface area contributed by atoms with Crippen molar-refractivity contribution in [3.05, 3.63) is 36.5 Å². The molecule has 120 valence electrons. The van der Waals surface area contributed by atoms with E-state index in [1.165, 1.54) is 12.3 Å². The number of nitrogens with zero attached hydrogens (tertiary/aromatic N) is 4. The Labute approximate surface area is 133 Å². The van der Waals surface area contributed by atoms with Gasteiger partial charge >= 0.3 is 0 Å². The molecular formula is C16H19FN6. The molecule has 0 amide bonds. The van der Waals surface area contributed by atoms with Gasteiger partial charge in [-0.1, -0.05) is 13.8 Å². The second-order valence-electron chi connectivity index (χ2n) is 5.89. The molecule has 0 aliphatic rings. The largest absolute Gasteiger partial charge is 0.394 e. The van der Waals surface area contributed by atoms with Crippen LogP contribution in [0.15, 0.2) is 30.7 Å². The van der Waals surface area contributed by atoms with Gasteiger partial charge < -0.3 is 11.1 Å². The molecule has 3 aromatic rings. The maximum absolute atomic E-state index is 13.5. The number of aromatic nitrogens is 4. The Kier molecular flexibility index (Phi) is 3.85. The molecule has 3 aromatic heterocycles. The lowest BCUT2D eigenvalue weighted by Crippen LogP contribution is -2.23. The van der Waals surface area contributed by atoms with Crippen molar-refractivity contribution in [1.82, 2.24) is 19.4 Å². The van der Waals surface area contributed by atoms with Crippen LogP contribution in [0.5, 0.6) is 0 Å². The number of hydrogen-bond donors (Lipinski definition) is 2. The number of pyridine rings is 1. The molecule has 0 bridgehead atoms. The molecule has 0 radical (unpaired) electrons. The quantitative estimate of drug-likeness (QED) is 0.774. The molecule has 7 heteroatoms. The molecule has 0 saturated carbocycles. The summed E-state index contributed by atoms with van der Waals surface area (Å²) < 4.78 is 15.1. The molecule has 0 aliphatic carbocycles. The van der Waals surface area contributed by atoms with Crippen molar-refractivity contribution in [2.45, 2.75) is 26.8 Å². The molecule has 3 N–H and O–H groups in total. The predicted molar refractivity (Wildman–Crippen MR) is 88.5 cm³/mol. The lowest BCUT2D eigenvalue weighted by atomic mass is 10.1. The summed E-state index contributed by atoms with van der Waals surface area (Å²) in [5, 5.41) is 3.29. The first kappa shape index (κ1) is 15.2. The molecule has 0 spiro atoms. The molecule has 3 rings (SSSR count). The van der Waals surface area contributed by atoms with Gasteiger partial charge in [-0.15, -0.1) is 0 Å². The van der Waals surface area contributed by atoms with Crippen molar-refractivity contribution >= 4 is 17.2 Å². The zero-order chi connectivity index (χ0) is 16.6. The summed E-state index contributed by atoms with van der Waals surface area (Å²) >= 11 is 0. The summed E-state index contributed by atoms with van der Waals surface area (Å²) in [5.74, 6) is 1.09. The van der Waals surface area contributed by atoms with Crippen molar-refractivity contribution in [2.75, 3.05) is 11.1 Å². The highest BCUT2D eigenvalue weighted by atomic mass is 19.1. The van der Waals surface area contributed by atoms with Crippen LogP contribution in [0.2, 0.25) is 0 Å². The standard InChI is InChI=1S/C16H19FN6/c1-9(2)10(3)21-15-12(18)6-20-16(22-15)13-7-19-14-5-4-11(17)8-23(13)14/h4-10H,18H2,1-3H3,(H,20,21,22)/t10-/m1/s1. The summed E-state index contributed by atoms with van der Waals surface area (Å²) in [6.07, 6.45) is 4.54. The van der Waals surface area contributed by atoms with Gasteiger partial charge in [0.1, 0.15) is 17.2 Å². The van der Waals surface area contributed by atoms with Gasteiger partial charge in [0.15, 0.2) is 11.6 Å². The van der Waals surface area contributed by atoms with Crippen molar-refractivity contribution in [3.63, 3.8) is 0 Å². The van der Waals surface area contributed by atoms with E-state index in [1.54, 1.807) is 22.9 Å². The van der Waals surface area contributed by atoms with Crippen LogP contribution in [0.25, 0.3) is 17.2 Å². The van der Waals surface area contributed by atoms with Crippen LogP contribution in [0.4, 0.5) is 15.9 Å². The average molecular weight is 314 g/mol. The minimum absolute atomic E-state index is 0.208. The number of fused-ring (bicyclic) bond motifs is 1. The summed E-state index contributed by atoms with van der Waals surface area (Å²) in [6, 6.07) is 3.18. The van der Waals surface area contributed by atoms with Crippen LogP contribution >= 0.6 is 0 Å². The fourth-order valence-corrected chi connectivity index (χ4v) is 2.13. The van der Waals surface area contributed by atoms with Gasteiger partial charge in [0.25, 0.3) is 0 Å². The molecule has 23 heavy (non-hydrogen) atoms. The smallest absolute Gasteiger partial charge is 0.180 e. The van der Waals surface area contributed by atoms with Gasteiger partial charge in [-0.2, -0.15) is 0 Å². The lowest BCUT2D eigenvalue weighted by Gasteiger charge is -2.19. The highest BCUT2D eigenvalue weighted by Gasteiger charge is 2.14. The molecule has 0 aliphatic heterocycles. The molecular weight excluding hydrogens is 295 g/mol. The SMILES string of the molecule is CC(C)[C@@H](C)Nc1nc(-c2cnc3ccc(F)cn23)ncc1N. The van der Waals surface area contributed by atoms with Crippen molar-refractivity contribution in [3.8, 4) is 11.5 Å². The maximum Gasteiger partial charge on any atom is 0.180 e. The van der Waals surface area contributed by atoms with Crippen LogP contribution in [0, 0.1) is 11.7 Å². The number of rotatable bonds is 4. The maximum atomic E-state index is 13.5. The van der Waals surface area contributed by atoms with Gasteiger partial charge in [0, 0.05) is 12.2 Å². The zero-order valence-electron chi connectivity index (χ0n) is 13.3. The number of nitrogens with one attached hydrogen (secondary N) is 1. The fraction of sp³-hybridized carbons (Fsp3) is 0.312. The van der Waals surface area contributed by atoms with E-state index in [9.17, 15) is 4.39 Å². The molecule has 1 atom stereocenters. The second kappa shape index (κ2) is 5.83. The van der Waals surface area contributed by atoms with E-state index in [1.807, 2.05) is 0 Å². The summed E-state index contributed by atoms with van der Waals surface area (Å²) in [4.78, 5) is 13.0. The Morgan fingerprint density at radius 2 is 1.96 bits per heavy atom. The highest BCUT2D eigenvalue weighted by Crippen LogP contribution is 2.23. The third-order valence-corrected chi connectivity index (χ3v) is 3.88. The molecule has 3 heterocycles. The Bertz CT molecular complexity index is 842. The number of halogens is 1. The Morgan fingerprint density at radius 1 is 1.17 bits per heavy atom. The normalized spacial score (nSPS) is 12.7. The van der Waals surface area contributed by atoms with E-state index in [0.717, 1.165) is 0 Å². The van der Waals surface area contributed by atoms with Crippen LogP contribution in [0.1, 0.15) is 20.8 Å². The molecule has 6 nitrogen and oxygen atoms in total. The summed E-state index contributed by atoms with van der Waals surface area (Å²) in [5.41, 5.74) is 7.67. The third kappa shape index (κ3) is 2.94. The fourth-order valence-electron chi connectivity index (χ4n) is 2.13. The third-order valence-electron chi connectivity index (χ3n) is 3.88. The minimum atomic E-state index is -0.348. The zero-order valence-corrected chi connectivity index (χ0v) is 13.3. The Balaban J connectivity index is 2.04. The van der Waals surface area contributed by atoms with Crippen molar-refractivity contribution in [2.24, 2.45) is 5.92 Å². The number of nitrogen functional groups attached to an aromatic ring is 1. The monoisotopic (exact) mass is 314 g/mol. The Hall–Kier alpha value is -2.70.